The van der Waals surface area contributed by atoms with Crippen molar-refractivity contribution in [3.8, 4) is 0 Å². The average molecular weight is 393 g/mol. The molecule has 1 aliphatic rings. The Bertz CT molecular complexity index is 724. The Kier molecular flexibility index (Phi) is 6.99. The SMILES string of the molecule is CC(NC(=O)C(C)(C)C)C(=O)OCC(=O)N1CCN(c2ccccc2F)CC1. The fourth-order valence-corrected chi connectivity index (χ4v) is 2.73. The zero-order valence-corrected chi connectivity index (χ0v) is 16.8. The highest BCUT2D eigenvalue weighted by Gasteiger charge is 2.27. The maximum atomic E-state index is 13.9. The van der Waals surface area contributed by atoms with Gasteiger partial charge in [-0.1, -0.05) is 32.9 Å². The number of nitrogens with one attached hydrogen (secondary N) is 1. The Labute approximate surface area is 164 Å². The van der Waals surface area contributed by atoms with Crippen molar-refractivity contribution in [2.75, 3.05) is 37.7 Å². The van der Waals surface area contributed by atoms with Gasteiger partial charge in [-0.3, -0.25) is 9.59 Å². The molecule has 0 bridgehead atoms. The molecule has 28 heavy (non-hydrogen) atoms. The van der Waals surface area contributed by atoms with E-state index in [1.807, 2.05) is 4.90 Å². The minimum Gasteiger partial charge on any atom is -0.454 e. The first-order valence-electron chi connectivity index (χ1n) is 9.34. The molecule has 1 unspecified atom stereocenters. The quantitative estimate of drug-likeness (QED) is 0.769. The summed E-state index contributed by atoms with van der Waals surface area (Å²) < 4.78 is 18.9. The Morgan fingerprint density at radius 1 is 1.14 bits per heavy atom. The number of hydrogen-bond donors (Lipinski definition) is 1. The number of carbonyl (C=O) groups excluding carboxylic acids is 3. The van der Waals surface area contributed by atoms with E-state index in [1.165, 1.54) is 13.0 Å². The molecule has 8 heteroatoms. The number of amides is 2. The molecule has 1 aromatic carbocycles. The van der Waals surface area contributed by atoms with E-state index in [-0.39, 0.29) is 24.2 Å². The molecule has 0 spiro atoms. The molecule has 0 saturated carbocycles. The van der Waals surface area contributed by atoms with E-state index in [0.717, 1.165) is 0 Å². The van der Waals surface area contributed by atoms with Gasteiger partial charge in [-0.15, -0.1) is 0 Å². The topological polar surface area (TPSA) is 78.9 Å². The Hall–Kier alpha value is -2.64. The molecule has 7 nitrogen and oxygen atoms in total. The summed E-state index contributed by atoms with van der Waals surface area (Å²) in [7, 11) is 0. The van der Waals surface area contributed by atoms with Gasteiger partial charge in [-0.2, -0.15) is 0 Å². The first-order valence-corrected chi connectivity index (χ1v) is 9.34. The summed E-state index contributed by atoms with van der Waals surface area (Å²) in [6.45, 7) is 8.19. The van der Waals surface area contributed by atoms with Crippen LogP contribution in [0.1, 0.15) is 27.7 Å². The first-order chi connectivity index (χ1) is 13.1. The van der Waals surface area contributed by atoms with Gasteiger partial charge in [0, 0.05) is 31.6 Å². The third kappa shape index (κ3) is 5.68. The van der Waals surface area contributed by atoms with Crippen LogP contribution in [0.3, 0.4) is 0 Å². The molecule has 154 valence electrons. The van der Waals surface area contributed by atoms with Crippen LogP contribution in [0.25, 0.3) is 0 Å². The van der Waals surface area contributed by atoms with Gasteiger partial charge in [0.1, 0.15) is 11.9 Å². The van der Waals surface area contributed by atoms with Crippen molar-refractivity contribution in [1.82, 2.24) is 10.2 Å². The van der Waals surface area contributed by atoms with Crippen molar-refractivity contribution in [1.29, 1.82) is 0 Å². The minimum absolute atomic E-state index is 0.271. The number of nitrogens with zero attached hydrogens (tertiary/aromatic N) is 2. The van der Waals surface area contributed by atoms with E-state index < -0.39 is 17.4 Å². The van der Waals surface area contributed by atoms with Crippen molar-refractivity contribution < 1.29 is 23.5 Å². The Morgan fingerprint density at radius 3 is 2.32 bits per heavy atom. The summed E-state index contributed by atoms with van der Waals surface area (Å²) in [5.74, 6) is -1.53. The molecule has 1 aliphatic heterocycles. The van der Waals surface area contributed by atoms with Gasteiger partial charge >= 0.3 is 5.97 Å². The van der Waals surface area contributed by atoms with Crippen molar-refractivity contribution in [2.24, 2.45) is 5.41 Å². The molecule has 1 saturated heterocycles. The van der Waals surface area contributed by atoms with Crippen molar-refractivity contribution >= 4 is 23.5 Å². The highest BCUT2D eigenvalue weighted by Crippen LogP contribution is 2.20. The number of para-hydroxylation sites is 1. The maximum absolute atomic E-state index is 13.9. The summed E-state index contributed by atoms with van der Waals surface area (Å²) in [5.41, 5.74) is -0.105. The summed E-state index contributed by atoms with van der Waals surface area (Å²) >= 11 is 0. The lowest BCUT2D eigenvalue weighted by Crippen LogP contribution is -2.50. The molecule has 1 heterocycles. The molecule has 2 amide bonds. The number of ether oxygens (including phenoxy) is 1. The van der Waals surface area contributed by atoms with E-state index in [4.69, 9.17) is 4.74 Å². The maximum Gasteiger partial charge on any atom is 0.328 e. The number of benzene rings is 1. The molecule has 1 aromatic rings. The highest BCUT2D eigenvalue weighted by molar-refractivity contribution is 5.88. The third-order valence-corrected chi connectivity index (χ3v) is 4.55. The van der Waals surface area contributed by atoms with E-state index >= 15 is 0 Å². The molecule has 0 radical (unpaired) electrons. The fraction of sp³-hybridized carbons (Fsp3) is 0.550. The molecule has 1 atom stereocenters. The van der Waals surface area contributed by atoms with E-state index in [2.05, 4.69) is 5.32 Å². The number of carbonyl (C=O) groups is 3. The van der Waals surface area contributed by atoms with Crippen LogP contribution in [-0.2, 0) is 19.1 Å². The molecule has 0 aromatic heterocycles. The van der Waals surface area contributed by atoms with E-state index in [9.17, 15) is 18.8 Å². The third-order valence-electron chi connectivity index (χ3n) is 4.55. The summed E-state index contributed by atoms with van der Waals surface area (Å²) in [6.07, 6.45) is 0. The van der Waals surface area contributed by atoms with Gasteiger partial charge in [0.25, 0.3) is 5.91 Å². The lowest BCUT2D eigenvalue weighted by molar-refractivity contribution is -0.154. The van der Waals surface area contributed by atoms with Gasteiger partial charge in [-0.05, 0) is 19.1 Å². The molecular weight excluding hydrogens is 365 g/mol. The summed E-state index contributed by atoms with van der Waals surface area (Å²) in [5, 5.41) is 2.57. The van der Waals surface area contributed by atoms with Crippen LogP contribution >= 0.6 is 0 Å². The fourth-order valence-electron chi connectivity index (χ4n) is 2.73. The van der Waals surface area contributed by atoms with Gasteiger partial charge in [0.15, 0.2) is 6.61 Å². The van der Waals surface area contributed by atoms with Crippen molar-refractivity contribution in [3.63, 3.8) is 0 Å². The van der Waals surface area contributed by atoms with Gasteiger partial charge in [-0.25, -0.2) is 9.18 Å². The zero-order chi connectivity index (χ0) is 20.9. The lowest BCUT2D eigenvalue weighted by Gasteiger charge is -2.36. The predicted molar refractivity (Wildman–Crippen MR) is 103 cm³/mol. The van der Waals surface area contributed by atoms with Gasteiger partial charge in [0.2, 0.25) is 5.91 Å². The summed E-state index contributed by atoms with van der Waals surface area (Å²) in [4.78, 5) is 39.7. The van der Waals surface area contributed by atoms with Crippen LogP contribution in [0.2, 0.25) is 0 Å². The Morgan fingerprint density at radius 2 is 1.75 bits per heavy atom. The number of hydrogen-bond acceptors (Lipinski definition) is 5. The lowest BCUT2D eigenvalue weighted by atomic mass is 9.95. The van der Waals surface area contributed by atoms with Crippen LogP contribution in [0.4, 0.5) is 10.1 Å². The van der Waals surface area contributed by atoms with Crippen LogP contribution in [0.5, 0.6) is 0 Å². The minimum atomic E-state index is -0.836. The smallest absolute Gasteiger partial charge is 0.328 e. The molecule has 1 fully saturated rings. The number of anilines is 1. The largest absolute Gasteiger partial charge is 0.454 e. The van der Waals surface area contributed by atoms with Crippen molar-refractivity contribution in [2.45, 2.75) is 33.7 Å². The van der Waals surface area contributed by atoms with Crippen LogP contribution < -0.4 is 10.2 Å². The molecule has 0 aliphatic carbocycles. The number of piperazine rings is 1. The van der Waals surface area contributed by atoms with Crippen molar-refractivity contribution in [3.05, 3.63) is 30.1 Å². The van der Waals surface area contributed by atoms with Gasteiger partial charge < -0.3 is 19.9 Å². The van der Waals surface area contributed by atoms with Crippen LogP contribution in [-0.4, -0.2) is 61.5 Å². The molecular formula is C20H28FN3O4. The Balaban J connectivity index is 1.77. The predicted octanol–water partition coefficient (Wildman–Crippen LogP) is 1.57. The van der Waals surface area contributed by atoms with Crippen LogP contribution in [0.15, 0.2) is 24.3 Å². The second kappa shape index (κ2) is 9.03. The molecule has 1 N–H and O–H groups in total. The molecule has 2 rings (SSSR count). The number of halogens is 1. The van der Waals surface area contributed by atoms with Crippen LogP contribution in [0, 0.1) is 11.2 Å². The number of esters is 1. The zero-order valence-electron chi connectivity index (χ0n) is 16.8. The number of rotatable bonds is 5. The monoisotopic (exact) mass is 393 g/mol. The first kappa shape index (κ1) is 21.7. The second-order valence-corrected chi connectivity index (χ2v) is 7.87. The highest BCUT2D eigenvalue weighted by atomic mass is 19.1. The average Bonchev–Trinajstić information content (AvgIpc) is 2.65. The standard InChI is InChI=1S/C20H28FN3O4/c1-14(22-19(27)20(2,3)4)18(26)28-13-17(25)24-11-9-23(10-12-24)16-8-6-5-7-15(16)21/h5-8,14H,9-13H2,1-4H3,(H,22,27). The van der Waals surface area contributed by atoms with E-state index in [0.29, 0.717) is 31.9 Å². The summed E-state index contributed by atoms with van der Waals surface area (Å²) in [6, 6.07) is 5.69. The van der Waals surface area contributed by atoms with Gasteiger partial charge in [0.05, 0.1) is 5.69 Å². The second-order valence-electron chi connectivity index (χ2n) is 7.87. The van der Waals surface area contributed by atoms with E-state index in [1.54, 1.807) is 43.9 Å². The normalized spacial score (nSPS) is 15.8.